The predicted octanol–water partition coefficient (Wildman–Crippen LogP) is 4.58. The lowest BCUT2D eigenvalue weighted by Crippen LogP contribution is -2.42. The van der Waals surface area contributed by atoms with Gasteiger partial charge in [0.2, 0.25) is 0 Å². The Hall–Kier alpha value is -0.570. The molecular weight excluding hydrogens is 312 g/mol. The van der Waals surface area contributed by atoms with E-state index in [0.29, 0.717) is 41.8 Å². The quantitative estimate of drug-likeness (QED) is 0.699. The maximum absolute atomic E-state index is 13.1. The van der Waals surface area contributed by atoms with Gasteiger partial charge in [-0.25, -0.2) is 0 Å². The Morgan fingerprint density at radius 2 is 1.84 bits per heavy atom. The first-order valence-electron chi connectivity index (χ1n) is 10.9. The predicted molar refractivity (Wildman–Crippen MR) is 95.9 cm³/mol. The Labute approximate surface area is 152 Å². The third-order valence-electron chi connectivity index (χ3n) is 8.88. The standard InChI is InChI=1S/C22H34O3/c1-4-17-19-13-9-15(20(19)18(5-2)24-17)16(10-13)21(23)25-22(3)11-12-6-7-14(22)8-12/h12-20H,4-11H2,1-3H3. The molecular formula is C22H34O3. The lowest BCUT2D eigenvalue weighted by atomic mass is 9.70. The summed E-state index contributed by atoms with van der Waals surface area (Å²) in [5.74, 6) is 4.25. The molecule has 1 aliphatic heterocycles. The van der Waals surface area contributed by atoms with Crippen molar-refractivity contribution in [3.63, 3.8) is 0 Å². The first-order chi connectivity index (χ1) is 12.0. The fourth-order valence-electron chi connectivity index (χ4n) is 7.92. The molecule has 1 saturated heterocycles. The molecule has 0 amide bonds. The molecule has 0 radical (unpaired) electrons. The normalized spacial score (nSPS) is 55.7. The van der Waals surface area contributed by atoms with E-state index in [0.717, 1.165) is 31.6 Å². The molecule has 25 heavy (non-hydrogen) atoms. The summed E-state index contributed by atoms with van der Waals surface area (Å²) in [6, 6.07) is 0. The molecule has 0 N–H and O–H groups in total. The van der Waals surface area contributed by atoms with E-state index in [9.17, 15) is 4.79 Å². The van der Waals surface area contributed by atoms with Crippen LogP contribution in [0.25, 0.3) is 0 Å². The second-order valence-corrected chi connectivity index (χ2v) is 10.00. The molecule has 5 aliphatic rings. The number of carbonyl (C=O) groups is 1. The molecule has 5 fully saturated rings. The first-order valence-corrected chi connectivity index (χ1v) is 10.9. The van der Waals surface area contributed by atoms with Gasteiger partial charge in [-0.05, 0) is 93.8 Å². The zero-order chi connectivity index (χ0) is 17.3. The molecule has 0 spiro atoms. The topological polar surface area (TPSA) is 35.5 Å². The van der Waals surface area contributed by atoms with Gasteiger partial charge >= 0.3 is 5.97 Å². The molecule has 1 heterocycles. The first kappa shape index (κ1) is 16.6. The minimum Gasteiger partial charge on any atom is -0.459 e. The highest BCUT2D eigenvalue weighted by Crippen LogP contribution is 2.62. The number of hydrogen-bond donors (Lipinski definition) is 0. The highest BCUT2D eigenvalue weighted by Gasteiger charge is 2.63. The molecule has 5 rings (SSSR count). The van der Waals surface area contributed by atoms with Crippen molar-refractivity contribution in [3.05, 3.63) is 0 Å². The Balaban J connectivity index is 1.31. The van der Waals surface area contributed by atoms with Crippen LogP contribution in [0.4, 0.5) is 0 Å². The average molecular weight is 347 g/mol. The summed E-state index contributed by atoms with van der Waals surface area (Å²) < 4.78 is 12.6. The Morgan fingerprint density at radius 1 is 1.08 bits per heavy atom. The highest BCUT2D eigenvalue weighted by atomic mass is 16.6. The molecule has 0 aromatic rings. The van der Waals surface area contributed by atoms with Gasteiger partial charge in [-0.3, -0.25) is 4.79 Å². The van der Waals surface area contributed by atoms with Gasteiger partial charge in [0.05, 0.1) is 18.1 Å². The lowest BCUT2D eigenvalue weighted by molar-refractivity contribution is -0.171. The monoisotopic (exact) mass is 346 g/mol. The van der Waals surface area contributed by atoms with Crippen LogP contribution in [0, 0.1) is 41.4 Å². The average Bonchev–Trinajstić information content (AvgIpc) is 3.36. The summed E-state index contributed by atoms with van der Waals surface area (Å²) in [5.41, 5.74) is -0.163. The number of hydrogen-bond acceptors (Lipinski definition) is 3. The van der Waals surface area contributed by atoms with Gasteiger partial charge in [-0.15, -0.1) is 0 Å². The van der Waals surface area contributed by atoms with Gasteiger partial charge in [0.15, 0.2) is 0 Å². The van der Waals surface area contributed by atoms with Crippen LogP contribution in [0.5, 0.6) is 0 Å². The van der Waals surface area contributed by atoms with Crippen LogP contribution < -0.4 is 0 Å². The van der Waals surface area contributed by atoms with Crippen LogP contribution in [0.15, 0.2) is 0 Å². The molecule has 0 aromatic carbocycles. The van der Waals surface area contributed by atoms with E-state index in [1.54, 1.807) is 0 Å². The summed E-state index contributed by atoms with van der Waals surface area (Å²) >= 11 is 0. The van der Waals surface area contributed by atoms with Crippen molar-refractivity contribution in [2.24, 2.45) is 41.4 Å². The summed E-state index contributed by atoms with van der Waals surface area (Å²) in [4.78, 5) is 13.1. The van der Waals surface area contributed by atoms with Crippen molar-refractivity contribution in [2.45, 2.75) is 89.9 Å². The van der Waals surface area contributed by atoms with E-state index in [1.807, 2.05) is 0 Å². The fraction of sp³-hybridized carbons (Fsp3) is 0.955. The van der Waals surface area contributed by atoms with Gasteiger partial charge in [0, 0.05) is 0 Å². The third-order valence-corrected chi connectivity index (χ3v) is 8.88. The smallest absolute Gasteiger partial charge is 0.309 e. The van der Waals surface area contributed by atoms with Gasteiger partial charge in [-0.2, -0.15) is 0 Å². The molecule has 3 nitrogen and oxygen atoms in total. The SMILES string of the molecule is CCC1OC(CC)C2C3CC(CC3C(=O)OC3(C)CC4CCC3C4)C12. The van der Waals surface area contributed by atoms with Crippen LogP contribution >= 0.6 is 0 Å². The number of carbonyl (C=O) groups excluding carboxylic acids is 1. The lowest BCUT2D eigenvalue weighted by Gasteiger charge is -2.37. The van der Waals surface area contributed by atoms with E-state index >= 15 is 0 Å². The van der Waals surface area contributed by atoms with Crippen LogP contribution in [0.3, 0.4) is 0 Å². The molecule has 10 atom stereocenters. The van der Waals surface area contributed by atoms with E-state index in [4.69, 9.17) is 9.47 Å². The van der Waals surface area contributed by atoms with Crippen molar-refractivity contribution in [3.8, 4) is 0 Å². The Bertz CT molecular complexity index is 559. The summed E-state index contributed by atoms with van der Waals surface area (Å²) in [7, 11) is 0. The third kappa shape index (κ3) is 2.30. The number of fused-ring (bicyclic) bond motifs is 7. The van der Waals surface area contributed by atoms with Crippen LogP contribution in [-0.4, -0.2) is 23.8 Å². The molecule has 140 valence electrons. The maximum atomic E-state index is 13.1. The van der Waals surface area contributed by atoms with Crippen molar-refractivity contribution in [2.75, 3.05) is 0 Å². The van der Waals surface area contributed by atoms with Crippen molar-refractivity contribution in [1.82, 2.24) is 0 Å². The number of esters is 1. The number of ether oxygens (including phenoxy) is 2. The Morgan fingerprint density at radius 3 is 2.48 bits per heavy atom. The molecule has 4 saturated carbocycles. The van der Waals surface area contributed by atoms with E-state index < -0.39 is 0 Å². The van der Waals surface area contributed by atoms with Gasteiger partial charge in [0.1, 0.15) is 5.60 Å². The molecule has 0 aromatic heterocycles. The summed E-state index contributed by atoms with van der Waals surface area (Å²) in [6.07, 6.45) is 10.3. The van der Waals surface area contributed by atoms with Crippen molar-refractivity contribution in [1.29, 1.82) is 0 Å². The fourth-order valence-corrected chi connectivity index (χ4v) is 7.92. The zero-order valence-electron chi connectivity index (χ0n) is 16.1. The van der Waals surface area contributed by atoms with Crippen molar-refractivity contribution < 1.29 is 14.3 Å². The highest BCUT2D eigenvalue weighted by molar-refractivity contribution is 5.74. The maximum Gasteiger partial charge on any atom is 0.309 e. The summed E-state index contributed by atoms with van der Waals surface area (Å²) in [5, 5.41) is 0. The van der Waals surface area contributed by atoms with Gasteiger partial charge in [0.25, 0.3) is 0 Å². The van der Waals surface area contributed by atoms with E-state index in [2.05, 4.69) is 20.8 Å². The largest absolute Gasteiger partial charge is 0.459 e. The van der Waals surface area contributed by atoms with E-state index in [-0.39, 0.29) is 17.5 Å². The molecule has 4 bridgehead atoms. The van der Waals surface area contributed by atoms with E-state index in [1.165, 1.54) is 25.7 Å². The van der Waals surface area contributed by atoms with Gasteiger partial charge in [-0.1, -0.05) is 13.8 Å². The Kier molecular flexibility index (Phi) is 3.79. The van der Waals surface area contributed by atoms with Crippen LogP contribution in [-0.2, 0) is 14.3 Å². The molecule has 10 unspecified atom stereocenters. The van der Waals surface area contributed by atoms with Crippen molar-refractivity contribution >= 4 is 5.97 Å². The van der Waals surface area contributed by atoms with Crippen LogP contribution in [0.1, 0.15) is 72.1 Å². The number of rotatable bonds is 4. The molecule has 4 aliphatic carbocycles. The minimum atomic E-state index is -0.163. The second kappa shape index (κ2) is 5.71. The summed E-state index contributed by atoms with van der Waals surface area (Å²) in [6.45, 7) is 6.72. The van der Waals surface area contributed by atoms with Crippen LogP contribution in [0.2, 0.25) is 0 Å². The molecule has 3 heteroatoms. The minimum absolute atomic E-state index is 0.135. The zero-order valence-corrected chi connectivity index (χ0v) is 16.1. The second-order valence-electron chi connectivity index (χ2n) is 10.00. The van der Waals surface area contributed by atoms with Gasteiger partial charge < -0.3 is 9.47 Å².